The molecule has 1 fully saturated rings. The molecule has 1 unspecified atom stereocenters. The van der Waals surface area contributed by atoms with Crippen LogP contribution in [0.2, 0.25) is 0 Å². The molecule has 3 nitrogen and oxygen atoms in total. The molecule has 1 aliphatic heterocycles. The minimum atomic E-state index is 0. The zero-order valence-electron chi connectivity index (χ0n) is 5.93. The van der Waals surface area contributed by atoms with E-state index in [1.54, 1.807) is 0 Å². The van der Waals surface area contributed by atoms with Gasteiger partial charge < -0.3 is 11.1 Å². The number of rotatable bonds is 1. The van der Waals surface area contributed by atoms with Crippen LogP contribution in [0.3, 0.4) is 0 Å². The number of nitrogens with zero attached hydrogens (tertiary/aromatic N) is 1. The van der Waals surface area contributed by atoms with Crippen molar-refractivity contribution in [2.45, 2.75) is 13.1 Å². The van der Waals surface area contributed by atoms with Gasteiger partial charge in [-0.2, -0.15) is 0 Å². The third-order valence-corrected chi connectivity index (χ3v) is 1.73. The molecule has 0 aromatic rings. The molecule has 1 heterocycles. The molecule has 0 radical (unpaired) electrons. The fourth-order valence-corrected chi connectivity index (χ4v) is 1.09. The Hall–Kier alpha value is 0.880. The van der Waals surface area contributed by atoms with Crippen molar-refractivity contribution in [2.75, 3.05) is 26.2 Å². The van der Waals surface area contributed by atoms with E-state index in [2.05, 4.69) is 10.2 Å². The molecular formula is C6H16N3Na. The number of nitrogens with two attached hydrogens (primary N) is 1. The van der Waals surface area contributed by atoms with Gasteiger partial charge in [0.25, 0.3) is 0 Å². The van der Waals surface area contributed by atoms with Gasteiger partial charge in [0.2, 0.25) is 0 Å². The van der Waals surface area contributed by atoms with E-state index < -0.39 is 0 Å². The molecule has 0 aliphatic carbocycles. The van der Waals surface area contributed by atoms with Crippen LogP contribution in [0.4, 0.5) is 0 Å². The zero-order chi connectivity index (χ0) is 6.69. The predicted octanol–water partition coefficient (Wildman–Crippen LogP) is -1.45. The average molecular weight is 153 g/mol. The Morgan fingerprint density at radius 2 is 1.90 bits per heavy atom. The van der Waals surface area contributed by atoms with E-state index in [4.69, 9.17) is 5.73 Å². The van der Waals surface area contributed by atoms with E-state index in [0.29, 0.717) is 0 Å². The van der Waals surface area contributed by atoms with E-state index in [-0.39, 0.29) is 35.7 Å². The van der Waals surface area contributed by atoms with Crippen LogP contribution in [0, 0.1) is 0 Å². The SMILES string of the molecule is CC(N)N1CCNCC1.[NaH]. The normalized spacial score (nSPS) is 23.4. The van der Waals surface area contributed by atoms with Crippen LogP contribution >= 0.6 is 0 Å². The van der Waals surface area contributed by atoms with Crippen molar-refractivity contribution in [1.29, 1.82) is 0 Å². The van der Waals surface area contributed by atoms with Gasteiger partial charge in [0, 0.05) is 26.2 Å². The van der Waals surface area contributed by atoms with Crippen LogP contribution in [0.25, 0.3) is 0 Å². The first-order chi connectivity index (χ1) is 4.30. The summed E-state index contributed by atoms with van der Waals surface area (Å²) in [4.78, 5) is 2.27. The van der Waals surface area contributed by atoms with Gasteiger partial charge in [-0.3, -0.25) is 4.90 Å². The van der Waals surface area contributed by atoms with Gasteiger partial charge in [0.15, 0.2) is 0 Å². The summed E-state index contributed by atoms with van der Waals surface area (Å²) in [7, 11) is 0. The maximum absolute atomic E-state index is 5.67. The third-order valence-electron chi connectivity index (χ3n) is 1.73. The second-order valence-electron chi connectivity index (χ2n) is 2.53. The Balaban J connectivity index is 0.000000810. The zero-order valence-corrected chi connectivity index (χ0v) is 5.93. The van der Waals surface area contributed by atoms with Crippen molar-refractivity contribution in [2.24, 2.45) is 5.73 Å². The van der Waals surface area contributed by atoms with Gasteiger partial charge in [0.05, 0.1) is 6.17 Å². The van der Waals surface area contributed by atoms with Gasteiger partial charge in [-0.15, -0.1) is 0 Å². The molecule has 1 atom stereocenters. The fourth-order valence-electron chi connectivity index (χ4n) is 1.09. The minimum absolute atomic E-state index is 0. The quantitative estimate of drug-likeness (QED) is 0.453. The van der Waals surface area contributed by atoms with Crippen molar-refractivity contribution >= 4 is 29.6 Å². The van der Waals surface area contributed by atoms with Gasteiger partial charge in [-0.1, -0.05) is 0 Å². The van der Waals surface area contributed by atoms with E-state index in [1.807, 2.05) is 6.92 Å². The Morgan fingerprint density at radius 3 is 2.20 bits per heavy atom. The molecule has 0 bridgehead atoms. The number of nitrogens with one attached hydrogen (secondary N) is 1. The van der Waals surface area contributed by atoms with Crippen molar-refractivity contribution in [3.05, 3.63) is 0 Å². The Morgan fingerprint density at radius 1 is 1.40 bits per heavy atom. The Kier molecular flexibility index (Phi) is 6.01. The third kappa shape index (κ3) is 3.32. The van der Waals surface area contributed by atoms with Crippen LogP contribution in [-0.2, 0) is 0 Å². The fraction of sp³-hybridized carbons (Fsp3) is 1.00. The molecule has 4 heteroatoms. The monoisotopic (exact) mass is 153 g/mol. The summed E-state index contributed by atoms with van der Waals surface area (Å²) in [5.41, 5.74) is 5.67. The van der Waals surface area contributed by atoms with Crippen LogP contribution in [0.1, 0.15) is 6.92 Å². The molecule has 0 aromatic carbocycles. The molecule has 1 saturated heterocycles. The first kappa shape index (κ1) is 10.9. The van der Waals surface area contributed by atoms with Gasteiger partial charge in [-0.05, 0) is 6.92 Å². The average Bonchev–Trinajstić information content (AvgIpc) is 1.90. The number of hydrogen-bond donors (Lipinski definition) is 2. The summed E-state index contributed by atoms with van der Waals surface area (Å²) in [6, 6.07) is 0. The molecule has 1 aliphatic rings. The molecule has 0 saturated carbocycles. The van der Waals surface area contributed by atoms with E-state index >= 15 is 0 Å². The summed E-state index contributed by atoms with van der Waals surface area (Å²) in [5.74, 6) is 0. The summed E-state index contributed by atoms with van der Waals surface area (Å²) in [5, 5.41) is 3.27. The summed E-state index contributed by atoms with van der Waals surface area (Å²) < 4.78 is 0. The Labute approximate surface area is 84.6 Å². The molecule has 1 rings (SSSR count). The maximum atomic E-state index is 5.67. The van der Waals surface area contributed by atoms with Gasteiger partial charge in [-0.25, -0.2) is 0 Å². The van der Waals surface area contributed by atoms with Crippen molar-refractivity contribution < 1.29 is 0 Å². The van der Waals surface area contributed by atoms with Gasteiger partial charge >= 0.3 is 29.6 Å². The van der Waals surface area contributed by atoms with Crippen molar-refractivity contribution in [1.82, 2.24) is 10.2 Å². The van der Waals surface area contributed by atoms with Gasteiger partial charge in [0.1, 0.15) is 0 Å². The van der Waals surface area contributed by atoms with Crippen molar-refractivity contribution in [3.63, 3.8) is 0 Å². The van der Waals surface area contributed by atoms with Crippen LogP contribution < -0.4 is 11.1 Å². The Bertz CT molecular complexity index is 81.1. The second-order valence-corrected chi connectivity index (χ2v) is 2.53. The molecule has 10 heavy (non-hydrogen) atoms. The van der Waals surface area contributed by atoms with E-state index in [9.17, 15) is 0 Å². The van der Waals surface area contributed by atoms with E-state index in [1.165, 1.54) is 0 Å². The molecule has 0 amide bonds. The predicted molar refractivity (Wildman–Crippen MR) is 45.2 cm³/mol. The topological polar surface area (TPSA) is 41.3 Å². The number of hydrogen-bond acceptors (Lipinski definition) is 3. The van der Waals surface area contributed by atoms with Crippen LogP contribution in [-0.4, -0.2) is 66.8 Å². The summed E-state index contributed by atoms with van der Waals surface area (Å²) >= 11 is 0. The summed E-state index contributed by atoms with van der Waals surface area (Å²) in [6.07, 6.45) is 0.229. The van der Waals surface area contributed by atoms with Crippen LogP contribution in [0.5, 0.6) is 0 Å². The summed E-state index contributed by atoms with van der Waals surface area (Å²) in [6.45, 7) is 6.39. The van der Waals surface area contributed by atoms with Crippen LogP contribution in [0.15, 0.2) is 0 Å². The molecule has 56 valence electrons. The van der Waals surface area contributed by atoms with Crippen molar-refractivity contribution in [3.8, 4) is 0 Å². The number of piperazine rings is 1. The molecule has 0 aromatic heterocycles. The standard InChI is InChI=1S/C6H15N3.Na.H/c1-6(7)9-4-2-8-3-5-9;;/h6,8H,2-5,7H2,1H3;;. The molecule has 0 spiro atoms. The first-order valence-corrected chi connectivity index (χ1v) is 3.51. The van der Waals surface area contributed by atoms with E-state index in [0.717, 1.165) is 26.2 Å². The molecular weight excluding hydrogens is 137 g/mol. The first-order valence-electron chi connectivity index (χ1n) is 3.51. The second kappa shape index (κ2) is 5.52. The molecule has 3 N–H and O–H groups in total.